The maximum atomic E-state index is 12.9. The summed E-state index contributed by atoms with van der Waals surface area (Å²) in [5.74, 6) is 4.74. The number of ether oxygens (including phenoxy) is 1. The van der Waals surface area contributed by atoms with Crippen LogP contribution in [0.3, 0.4) is 0 Å². The van der Waals surface area contributed by atoms with E-state index in [4.69, 9.17) is 9.94 Å². The standard InChI is InChI=1S/C27H32N4O8S/c1-26(23(32)28-36,40(2,37)38)10-13-30-18-22-16-21(17-31(22)24(30)33)8-9-27(35)11-14-29(15-12-27)25(34)39-19-20-6-4-3-5-7-20/h3-7,16-17,35-36H,10-15,18-19H2,1-2H3,(H,28,32)/t26-/m1/s1. The SMILES string of the molecule is C[C@@](CCN1Cc2cc(C#CC3(O)CCN(C(=O)OCc4ccccc4)CC3)cn2C1=O)(C(=O)NO)S(C)(=O)=O. The smallest absolute Gasteiger partial charge is 0.410 e. The van der Waals surface area contributed by atoms with E-state index in [-0.39, 0.29) is 39.0 Å². The predicted molar refractivity (Wildman–Crippen MR) is 143 cm³/mol. The van der Waals surface area contributed by atoms with E-state index in [2.05, 4.69) is 11.8 Å². The highest BCUT2D eigenvalue weighted by molar-refractivity contribution is 7.92. The number of nitrogens with zero attached hydrogens (tertiary/aromatic N) is 3. The first-order valence-corrected chi connectivity index (χ1v) is 14.6. The second kappa shape index (κ2) is 11.3. The zero-order valence-electron chi connectivity index (χ0n) is 22.3. The number of likely N-dealkylation sites (tertiary alicyclic amines) is 1. The minimum Gasteiger partial charge on any atom is -0.445 e. The summed E-state index contributed by atoms with van der Waals surface area (Å²) in [6, 6.07) is 10.7. The quantitative estimate of drug-likeness (QED) is 0.256. The van der Waals surface area contributed by atoms with Gasteiger partial charge >= 0.3 is 12.1 Å². The Kier molecular flexibility index (Phi) is 8.25. The average molecular weight is 573 g/mol. The fourth-order valence-corrected chi connectivity index (χ4v) is 5.43. The van der Waals surface area contributed by atoms with Crippen LogP contribution >= 0.6 is 0 Å². The van der Waals surface area contributed by atoms with Crippen molar-refractivity contribution < 1.29 is 37.9 Å². The largest absolute Gasteiger partial charge is 0.445 e. The van der Waals surface area contributed by atoms with E-state index in [0.717, 1.165) is 11.8 Å². The lowest BCUT2D eigenvalue weighted by molar-refractivity contribution is -0.131. The monoisotopic (exact) mass is 572 g/mol. The van der Waals surface area contributed by atoms with Crippen molar-refractivity contribution in [2.75, 3.05) is 25.9 Å². The molecule has 3 amide bonds. The minimum atomic E-state index is -3.88. The fourth-order valence-electron chi connectivity index (χ4n) is 4.58. The van der Waals surface area contributed by atoms with Crippen molar-refractivity contribution in [2.45, 2.75) is 49.7 Å². The topological polar surface area (TPSA) is 158 Å². The number of fused-ring (bicyclic) bond motifs is 1. The molecule has 4 rings (SSSR count). The zero-order valence-corrected chi connectivity index (χ0v) is 23.1. The molecule has 0 bridgehead atoms. The van der Waals surface area contributed by atoms with Gasteiger partial charge in [0.25, 0.3) is 5.91 Å². The van der Waals surface area contributed by atoms with Crippen molar-refractivity contribution in [1.29, 1.82) is 0 Å². The van der Waals surface area contributed by atoms with Crippen LogP contribution in [0.25, 0.3) is 0 Å². The number of aliphatic hydroxyl groups is 1. The Morgan fingerprint density at radius 2 is 1.88 bits per heavy atom. The van der Waals surface area contributed by atoms with Gasteiger partial charge in [0, 0.05) is 56.2 Å². The first-order chi connectivity index (χ1) is 18.8. The number of carbonyl (C=O) groups excluding carboxylic acids is 3. The van der Waals surface area contributed by atoms with Gasteiger partial charge in [0.05, 0.1) is 6.54 Å². The van der Waals surface area contributed by atoms with Crippen LogP contribution in [-0.2, 0) is 32.5 Å². The van der Waals surface area contributed by atoms with Gasteiger partial charge in [-0.15, -0.1) is 0 Å². The number of amides is 3. The number of carbonyl (C=O) groups is 3. The molecule has 13 heteroatoms. The van der Waals surface area contributed by atoms with Gasteiger partial charge in [0.1, 0.15) is 12.2 Å². The molecule has 3 N–H and O–H groups in total. The Morgan fingerprint density at radius 3 is 2.48 bits per heavy atom. The predicted octanol–water partition coefficient (Wildman–Crippen LogP) is 1.49. The third-order valence-electron chi connectivity index (χ3n) is 7.48. The number of sulfone groups is 1. The lowest BCUT2D eigenvalue weighted by atomic mass is 9.92. The van der Waals surface area contributed by atoms with Crippen molar-refractivity contribution in [3.63, 3.8) is 0 Å². The summed E-state index contributed by atoms with van der Waals surface area (Å²) in [7, 11) is -3.88. The molecule has 214 valence electrons. The summed E-state index contributed by atoms with van der Waals surface area (Å²) < 4.78 is 29.2. The highest BCUT2D eigenvalue weighted by Gasteiger charge is 2.44. The molecule has 2 aliphatic rings. The first kappa shape index (κ1) is 29.1. The highest BCUT2D eigenvalue weighted by atomic mass is 32.2. The molecule has 12 nitrogen and oxygen atoms in total. The van der Waals surface area contributed by atoms with Gasteiger partial charge in [-0.25, -0.2) is 23.5 Å². The molecule has 1 fully saturated rings. The Balaban J connectivity index is 1.31. The van der Waals surface area contributed by atoms with Gasteiger partial charge < -0.3 is 19.6 Å². The Morgan fingerprint density at radius 1 is 1.20 bits per heavy atom. The summed E-state index contributed by atoms with van der Waals surface area (Å²) in [6.07, 6.45) is 2.30. The van der Waals surface area contributed by atoms with E-state index >= 15 is 0 Å². The molecule has 2 aliphatic heterocycles. The van der Waals surface area contributed by atoms with E-state index in [0.29, 0.717) is 24.3 Å². The second-order valence-electron chi connectivity index (χ2n) is 10.3. The van der Waals surface area contributed by atoms with E-state index in [1.54, 1.807) is 12.3 Å². The highest BCUT2D eigenvalue weighted by Crippen LogP contribution is 2.26. The normalized spacial score (nSPS) is 17.9. The second-order valence-corrected chi connectivity index (χ2v) is 12.7. The summed E-state index contributed by atoms with van der Waals surface area (Å²) >= 11 is 0. The number of hydrogen-bond acceptors (Lipinski definition) is 8. The number of piperidine rings is 1. The molecule has 0 radical (unpaired) electrons. The molecule has 0 unspecified atom stereocenters. The van der Waals surface area contributed by atoms with Crippen molar-refractivity contribution in [1.82, 2.24) is 19.8 Å². The summed E-state index contributed by atoms with van der Waals surface area (Å²) in [6.45, 7) is 2.11. The number of benzene rings is 1. The average Bonchev–Trinajstić information content (AvgIpc) is 3.47. The minimum absolute atomic E-state index is 0.0252. The lowest BCUT2D eigenvalue weighted by Gasteiger charge is -2.34. The number of nitrogens with one attached hydrogen (secondary N) is 1. The van der Waals surface area contributed by atoms with Crippen LogP contribution in [0.1, 0.15) is 43.0 Å². The van der Waals surface area contributed by atoms with Crippen LogP contribution in [0, 0.1) is 11.8 Å². The molecule has 1 atom stereocenters. The van der Waals surface area contributed by atoms with Crippen molar-refractivity contribution >= 4 is 27.9 Å². The lowest BCUT2D eigenvalue weighted by Crippen LogP contribution is -2.50. The molecule has 40 heavy (non-hydrogen) atoms. The van der Waals surface area contributed by atoms with Crippen LogP contribution < -0.4 is 5.48 Å². The third-order valence-corrected chi connectivity index (χ3v) is 9.51. The molecule has 0 saturated carbocycles. The molecule has 2 aromatic rings. The third kappa shape index (κ3) is 6.14. The van der Waals surface area contributed by atoms with Crippen LogP contribution in [0.5, 0.6) is 0 Å². The Labute approximate surface area is 232 Å². The van der Waals surface area contributed by atoms with E-state index < -0.39 is 38.2 Å². The van der Waals surface area contributed by atoms with Gasteiger partial charge in [-0.1, -0.05) is 42.2 Å². The van der Waals surface area contributed by atoms with Crippen LogP contribution in [0.2, 0.25) is 0 Å². The maximum Gasteiger partial charge on any atom is 0.410 e. The summed E-state index contributed by atoms with van der Waals surface area (Å²) in [5, 5.41) is 19.9. The molecular weight excluding hydrogens is 540 g/mol. The number of hydroxylamine groups is 1. The zero-order chi connectivity index (χ0) is 29.1. The Bertz CT molecular complexity index is 1450. The van der Waals surface area contributed by atoms with Crippen LogP contribution in [0.15, 0.2) is 42.6 Å². The van der Waals surface area contributed by atoms with Crippen molar-refractivity contribution in [3.05, 3.63) is 59.4 Å². The summed E-state index contributed by atoms with van der Waals surface area (Å²) in [4.78, 5) is 40.2. The number of rotatable bonds is 7. The first-order valence-electron chi connectivity index (χ1n) is 12.7. The van der Waals surface area contributed by atoms with Gasteiger partial charge in [-0.3, -0.25) is 14.6 Å². The maximum absolute atomic E-state index is 12.9. The number of aromatic nitrogens is 1. The molecule has 0 spiro atoms. The summed E-state index contributed by atoms with van der Waals surface area (Å²) in [5.41, 5.74) is 2.15. The molecule has 3 heterocycles. The van der Waals surface area contributed by atoms with Gasteiger partial charge in [0.2, 0.25) is 0 Å². The van der Waals surface area contributed by atoms with Gasteiger partial charge in [-0.05, 0) is 25.0 Å². The van der Waals surface area contributed by atoms with E-state index in [1.165, 1.54) is 26.8 Å². The molecule has 1 aromatic carbocycles. The molecule has 1 aromatic heterocycles. The molecule has 0 aliphatic carbocycles. The van der Waals surface area contributed by atoms with Gasteiger partial charge in [0.15, 0.2) is 14.6 Å². The van der Waals surface area contributed by atoms with Crippen molar-refractivity contribution in [3.8, 4) is 11.8 Å². The molecular formula is C27H32N4O8S. The van der Waals surface area contributed by atoms with E-state index in [9.17, 15) is 27.9 Å². The molecule has 1 saturated heterocycles. The van der Waals surface area contributed by atoms with E-state index in [1.807, 2.05) is 30.3 Å². The van der Waals surface area contributed by atoms with Crippen LogP contribution in [-0.4, -0.2) is 87.4 Å². The van der Waals surface area contributed by atoms with Crippen LogP contribution in [0.4, 0.5) is 9.59 Å². The van der Waals surface area contributed by atoms with Crippen molar-refractivity contribution in [2.24, 2.45) is 0 Å². The van der Waals surface area contributed by atoms with Gasteiger partial charge in [-0.2, -0.15) is 0 Å². The fraction of sp³-hybridized carbons (Fsp3) is 0.444. The Hall–Kier alpha value is -3.86. The number of hydrogen-bond donors (Lipinski definition) is 3.